The van der Waals surface area contributed by atoms with Gasteiger partial charge < -0.3 is 24.7 Å². The number of rotatable bonds is 7. The van der Waals surface area contributed by atoms with Gasteiger partial charge in [-0.15, -0.1) is 0 Å². The van der Waals surface area contributed by atoms with E-state index in [1.165, 1.54) is 30.3 Å². The summed E-state index contributed by atoms with van der Waals surface area (Å²) in [6.45, 7) is 0.367. The molecule has 1 unspecified atom stereocenters. The fraction of sp³-hybridized carbons (Fsp3) is 0.0968. The van der Waals surface area contributed by atoms with E-state index in [0.29, 0.717) is 29.4 Å². The van der Waals surface area contributed by atoms with Gasteiger partial charge in [0.15, 0.2) is 11.5 Å². The molecule has 0 aromatic heterocycles. The molecule has 0 aliphatic carbocycles. The summed E-state index contributed by atoms with van der Waals surface area (Å²) >= 11 is 0. The van der Waals surface area contributed by atoms with Gasteiger partial charge >= 0.3 is 5.97 Å². The summed E-state index contributed by atoms with van der Waals surface area (Å²) in [5, 5.41) is 9.91. The van der Waals surface area contributed by atoms with Crippen molar-refractivity contribution in [3.05, 3.63) is 131 Å². The lowest BCUT2D eigenvalue weighted by Crippen LogP contribution is -2.21. The van der Waals surface area contributed by atoms with Crippen molar-refractivity contribution in [1.82, 2.24) is 0 Å². The van der Waals surface area contributed by atoms with Gasteiger partial charge in [-0.2, -0.15) is 5.26 Å². The highest BCUT2D eigenvalue weighted by molar-refractivity contribution is 5.91. The van der Waals surface area contributed by atoms with Crippen LogP contribution in [0, 0.1) is 17.1 Å². The Morgan fingerprint density at radius 2 is 1.77 bits per heavy atom. The summed E-state index contributed by atoms with van der Waals surface area (Å²) in [5.41, 5.74) is 8.97. The number of ether oxygens (including phenoxy) is 4. The Morgan fingerprint density at radius 3 is 2.49 bits per heavy atom. The molecular formula is C31H23FN2O5. The molecule has 4 aromatic carbocycles. The quantitative estimate of drug-likeness (QED) is 0.240. The van der Waals surface area contributed by atoms with Crippen LogP contribution in [-0.2, 0) is 6.61 Å². The van der Waals surface area contributed by atoms with E-state index in [4.69, 9.17) is 24.7 Å². The van der Waals surface area contributed by atoms with E-state index in [-0.39, 0.29) is 22.8 Å². The molecular weight excluding hydrogens is 499 g/mol. The van der Waals surface area contributed by atoms with Crippen molar-refractivity contribution in [3.63, 3.8) is 0 Å². The second-order valence-electron chi connectivity index (χ2n) is 8.71. The zero-order valence-electron chi connectivity index (χ0n) is 20.9. The fourth-order valence-electron chi connectivity index (χ4n) is 4.31. The Balaban J connectivity index is 1.44. The second-order valence-corrected chi connectivity index (χ2v) is 8.71. The van der Waals surface area contributed by atoms with Crippen molar-refractivity contribution in [2.24, 2.45) is 5.73 Å². The van der Waals surface area contributed by atoms with E-state index < -0.39 is 17.7 Å². The van der Waals surface area contributed by atoms with Crippen molar-refractivity contribution >= 4 is 5.97 Å². The normalized spacial score (nSPS) is 14.0. The molecule has 0 amide bonds. The number of carbonyl (C=O) groups is 1. The van der Waals surface area contributed by atoms with E-state index >= 15 is 0 Å². The topological polar surface area (TPSA) is 104 Å². The highest BCUT2D eigenvalue weighted by Gasteiger charge is 2.32. The second kappa shape index (κ2) is 11.0. The molecule has 1 atom stereocenters. The maximum absolute atomic E-state index is 13.2. The summed E-state index contributed by atoms with van der Waals surface area (Å²) in [4.78, 5) is 12.5. The third-order valence-electron chi connectivity index (χ3n) is 6.24. The maximum atomic E-state index is 13.2. The number of halogens is 1. The van der Waals surface area contributed by atoms with Gasteiger partial charge in [-0.3, -0.25) is 0 Å². The van der Waals surface area contributed by atoms with E-state index in [1.54, 1.807) is 31.4 Å². The van der Waals surface area contributed by atoms with Gasteiger partial charge in [0.2, 0.25) is 5.88 Å². The first kappa shape index (κ1) is 25.4. The zero-order chi connectivity index (χ0) is 27.4. The molecule has 0 saturated heterocycles. The first-order chi connectivity index (χ1) is 19.0. The molecule has 1 heterocycles. The van der Waals surface area contributed by atoms with Crippen LogP contribution in [0.1, 0.15) is 33.0 Å². The van der Waals surface area contributed by atoms with Gasteiger partial charge in [-0.1, -0.05) is 42.5 Å². The number of nitriles is 1. The summed E-state index contributed by atoms with van der Waals surface area (Å²) in [5.74, 6) is -0.130. The van der Waals surface area contributed by atoms with Crippen molar-refractivity contribution in [2.75, 3.05) is 7.11 Å². The van der Waals surface area contributed by atoms with Crippen LogP contribution in [0.25, 0.3) is 0 Å². The minimum Gasteiger partial charge on any atom is -0.493 e. The third-order valence-corrected chi connectivity index (χ3v) is 6.24. The lowest BCUT2D eigenvalue weighted by Gasteiger charge is -2.27. The number of hydrogen-bond acceptors (Lipinski definition) is 7. The predicted octanol–water partition coefficient (Wildman–Crippen LogP) is 5.85. The van der Waals surface area contributed by atoms with E-state index in [1.807, 2.05) is 36.4 Å². The first-order valence-corrected chi connectivity index (χ1v) is 12.0. The van der Waals surface area contributed by atoms with Gasteiger partial charge in [-0.25, -0.2) is 9.18 Å². The highest BCUT2D eigenvalue weighted by atomic mass is 19.1. The third kappa shape index (κ3) is 5.38. The molecule has 8 heteroatoms. The molecule has 1 aliphatic heterocycles. The van der Waals surface area contributed by atoms with Crippen LogP contribution >= 0.6 is 0 Å². The number of fused-ring (bicyclic) bond motifs is 1. The molecule has 0 spiro atoms. The van der Waals surface area contributed by atoms with E-state index in [2.05, 4.69) is 6.07 Å². The number of carbonyl (C=O) groups excluding carboxylic acids is 1. The number of methoxy groups -OCH3 is 1. The van der Waals surface area contributed by atoms with Gasteiger partial charge in [0, 0.05) is 11.6 Å². The number of hydrogen-bond donors (Lipinski definition) is 1. The number of nitrogens with zero attached hydrogens (tertiary/aromatic N) is 1. The van der Waals surface area contributed by atoms with Crippen LogP contribution in [0.4, 0.5) is 4.39 Å². The van der Waals surface area contributed by atoms with Gasteiger partial charge in [0.1, 0.15) is 35.6 Å². The van der Waals surface area contributed by atoms with Crippen LogP contribution in [-0.4, -0.2) is 13.1 Å². The van der Waals surface area contributed by atoms with Crippen LogP contribution in [0.15, 0.2) is 102 Å². The first-order valence-electron chi connectivity index (χ1n) is 12.0. The minimum atomic E-state index is -0.653. The van der Waals surface area contributed by atoms with Gasteiger partial charge in [0.05, 0.1) is 18.6 Å². The van der Waals surface area contributed by atoms with Crippen LogP contribution in [0.3, 0.4) is 0 Å². The molecule has 5 rings (SSSR count). The summed E-state index contributed by atoms with van der Waals surface area (Å²) in [7, 11) is 1.55. The van der Waals surface area contributed by atoms with Crippen LogP contribution < -0.4 is 24.7 Å². The van der Waals surface area contributed by atoms with E-state index in [0.717, 1.165) is 11.1 Å². The molecule has 0 saturated carbocycles. The fourth-order valence-corrected chi connectivity index (χ4v) is 4.31. The van der Waals surface area contributed by atoms with Crippen molar-refractivity contribution < 1.29 is 28.1 Å². The number of benzene rings is 4. The molecule has 0 bridgehead atoms. The molecule has 0 radical (unpaired) electrons. The molecule has 7 nitrogen and oxygen atoms in total. The van der Waals surface area contributed by atoms with Gasteiger partial charge in [0.25, 0.3) is 0 Å². The van der Waals surface area contributed by atoms with Crippen LogP contribution in [0.2, 0.25) is 0 Å². The molecule has 39 heavy (non-hydrogen) atoms. The van der Waals surface area contributed by atoms with Crippen molar-refractivity contribution in [3.8, 4) is 29.1 Å². The minimum absolute atomic E-state index is 0.0552. The maximum Gasteiger partial charge on any atom is 0.343 e. The number of esters is 1. The lowest BCUT2D eigenvalue weighted by molar-refractivity contribution is 0.0734. The molecule has 4 aromatic rings. The largest absolute Gasteiger partial charge is 0.493 e. The van der Waals surface area contributed by atoms with Gasteiger partial charge in [-0.05, 0) is 53.6 Å². The molecule has 1 aliphatic rings. The lowest BCUT2D eigenvalue weighted by atomic mass is 9.83. The standard InChI is InChI=1S/C31H23FN2O5/c1-36-28-15-21(9-14-26(28)37-18-19-5-3-2-4-6-19)29-24-13-12-23(16-27(24)39-30(34)25(29)17-33)38-31(35)20-7-10-22(32)11-8-20/h2-16,29H,18,34H2,1H3. The summed E-state index contributed by atoms with van der Waals surface area (Å²) < 4.78 is 36.0. The smallest absolute Gasteiger partial charge is 0.343 e. The Bertz CT molecular complexity index is 1590. The Labute approximate surface area is 224 Å². The Kier molecular flexibility index (Phi) is 7.15. The molecule has 0 fully saturated rings. The molecule has 2 N–H and O–H groups in total. The highest BCUT2D eigenvalue weighted by Crippen LogP contribution is 2.45. The van der Waals surface area contributed by atoms with Crippen LogP contribution in [0.5, 0.6) is 23.0 Å². The zero-order valence-corrected chi connectivity index (χ0v) is 20.9. The monoisotopic (exact) mass is 522 g/mol. The predicted molar refractivity (Wildman–Crippen MR) is 141 cm³/mol. The summed E-state index contributed by atoms with van der Waals surface area (Å²) in [6.07, 6.45) is 0. The number of allylic oxidation sites excluding steroid dienone is 1. The average Bonchev–Trinajstić information content (AvgIpc) is 2.96. The summed E-state index contributed by atoms with van der Waals surface area (Å²) in [6, 6.07) is 27.2. The molecule has 194 valence electrons. The average molecular weight is 523 g/mol. The Morgan fingerprint density at radius 1 is 1.00 bits per heavy atom. The SMILES string of the molecule is COc1cc(C2C(C#N)=C(N)Oc3cc(OC(=O)c4ccc(F)cc4)ccc32)ccc1OCc1ccccc1. The number of nitrogens with two attached hydrogens (primary N) is 1. The van der Waals surface area contributed by atoms with Crippen molar-refractivity contribution in [1.29, 1.82) is 5.26 Å². The van der Waals surface area contributed by atoms with Crippen molar-refractivity contribution in [2.45, 2.75) is 12.5 Å². The van der Waals surface area contributed by atoms with E-state index in [9.17, 15) is 14.4 Å². The Hall–Kier alpha value is -5.29.